The normalized spacial score (nSPS) is 17.1. The largest absolute Gasteiger partial charge is 0.376 e. The SMILES string of the molecule is Cc1cn(CC2CCCCO2)c2cc(C(=O)On3nnc4ccccc43)ccc12. The number of ether oxygens (including phenoxy) is 1. The number of para-hydroxylation sites is 1. The van der Waals surface area contributed by atoms with Crippen molar-refractivity contribution in [2.45, 2.75) is 38.8 Å². The van der Waals surface area contributed by atoms with Gasteiger partial charge in [-0.1, -0.05) is 23.0 Å². The van der Waals surface area contributed by atoms with Crippen LogP contribution in [0.25, 0.3) is 21.9 Å². The summed E-state index contributed by atoms with van der Waals surface area (Å²) >= 11 is 0. The van der Waals surface area contributed by atoms with Gasteiger partial charge >= 0.3 is 5.97 Å². The molecule has 2 aromatic heterocycles. The van der Waals surface area contributed by atoms with E-state index in [4.69, 9.17) is 9.57 Å². The zero-order valence-electron chi connectivity index (χ0n) is 16.2. The lowest BCUT2D eigenvalue weighted by Gasteiger charge is -2.23. The molecule has 29 heavy (non-hydrogen) atoms. The predicted molar refractivity (Wildman–Crippen MR) is 109 cm³/mol. The van der Waals surface area contributed by atoms with Crippen molar-refractivity contribution in [2.75, 3.05) is 6.61 Å². The lowest BCUT2D eigenvalue weighted by atomic mass is 10.1. The number of nitrogens with zero attached hydrogens (tertiary/aromatic N) is 4. The minimum atomic E-state index is -0.470. The first-order chi connectivity index (χ1) is 14.2. The molecule has 0 radical (unpaired) electrons. The standard InChI is InChI=1S/C22H22N4O3/c1-15-13-25(14-17-6-4-5-11-28-17)21-12-16(9-10-18(15)21)22(27)29-26-20-8-3-2-7-19(20)23-24-26/h2-3,7-10,12-13,17H,4-6,11,14H2,1H3. The second-order valence-electron chi connectivity index (χ2n) is 7.51. The first-order valence-corrected chi connectivity index (χ1v) is 9.93. The molecule has 1 aliphatic rings. The van der Waals surface area contributed by atoms with Gasteiger partial charge in [-0.05, 0) is 61.2 Å². The van der Waals surface area contributed by atoms with Crippen LogP contribution in [0.2, 0.25) is 0 Å². The molecule has 7 heteroatoms. The first-order valence-electron chi connectivity index (χ1n) is 9.93. The predicted octanol–water partition coefficient (Wildman–Crippen LogP) is 3.53. The van der Waals surface area contributed by atoms with Gasteiger partial charge in [0.05, 0.1) is 11.7 Å². The average molecular weight is 390 g/mol. The Morgan fingerprint density at radius 1 is 1.21 bits per heavy atom. The average Bonchev–Trinajstić information content (AvgIpc) is 3.30. The van der Waals surface area contributed by atoms with E-state index in [1.165, 1.54) is 16.8 Å². The van der Waals surface area contributed by atoms with Crippen LogP contribution < -0.4 is 4.84 Å². The third-order valence-electron chi connectivity index (χ3n) is 5.48. The maximum absolute atomic E-state index is 12.8. The van der Waals surface area contributed by atoms with Crippen LogP contribution in [0.3, 0.4) is 0 Å². The van der Waals surface area contributed by atoms with E-state index >= 15 is 0 Å². The minimum Gasteiger partial charge on any atom is -0.376 e. The van der Waals surface area contributed by atoms with Gasteiger partial charge in [-0.2, -0.15) is 0 Å². The molecule has 1 unspecified atom stereocenters. The number of carbonyl (C=O) groups excluding carboxylic acids is 1. The highest BCUT2D eigenvalue weighted by atomic mass is 16.7. The van der Waals surface area contributed by atoms with Crippen molar-refractivity contribution in [1.82, 2.24) is 19.7 Å². The molecule has 0 bridgehead atoms. The molecule has 1 atom stereocenters. The molecule has 1 saturated heterocycles. The van der Waals surface area contributed by atoms with Gasteiger partial charge in [-0.25, -0.2) is 4.79 Å². The summed E-state index contributed by atoms with van der Waals surface area (Å²) in [6.45, 7) is 3.70. The molecule has 2 aromatic carbocycles. The van der Waals surface area contributed by atoms with Crippen molar-refractivity contribution in [1.29, 1.82) is 0 Å². The Kier molecular flexibility index (Phi) is 4.52. The van der Waals surface area contributed by atoms with E-state index in [1.807, 2.05) is 36.4 Å². The number of hydrogen-bond acceptors (Lipinski definition) is 5. The second-order valence-corrected chi connectivity index (χ2v) is 7.51. The molecule has 0 spiro atoms. The lowest BCUT2D eigenvalue weighted by molar-refractivity contribution is 0.00669. The van der Waals surface area contributed by atoms with Crippen LogP contribution in [-0.2, 0) is 11.3 Å². The van der Waals surface area contributed by atoms with Crippen LogP contribution >= 0.6 is 0 Å². The number of aromatic nitrogens is 4. The van der Waals surface area contributed by atoms with Gasteiger partial charge in [0.2, 0.25) is 0 Å². The summed E-state index contributed by atoms with van der Waals surface area (Å²) < 4.78 is 8.08. The van der Waals surface area contributed by atoms with E-state index < -0.39 is 5.97 Å². The Morgan fingerprint density at radius 2 is 2.10 bits per heavy atom. The summed E-state index contributed by atoms with van der Waals surface area (Å²) in [6.07, 6.45) is 5.75. The molecule has 1 fully saturated rings. The van der Waals surface area contributed by atoms with Crippen LogP contribution in [0, 0.1) is 6.92 Å². The molecule has 5 rings (SSSR count). The zero-order chi connectivity index (χ0) is 19.8. The van der Waals surface area contributed by atoms with Crippen molar-refractivity contribution in [3.63, 3.8) is 0 Å². The van der Waals surface area contributed by atoms with Gasteiger partial charge in [0.1, 0.15) is 11.0 Å². The Hall–Kier alpha value is -3.19. The molecular weight excluding hydrogens is 368 g/mol. The number of carbonyl (C=O) groups is 1. The summed E-state index contributed by atoms with van der Waals surface area (Å²) in [6, 6.07) is 13.0. The molecule has 0 saturated carbocycles. The maximum Gasteiger partial charge on any atom is 0.365 e. The molecule has 4 aromatic rings. The Labute approximate surface area is 167 Å². The molecule has 0 N–H and O–H groups in total. The lowest BCUT2D eigenvalue weighted by Crippen LogP contribution is -2.24. The highest BCUT2D eigenvalue weighted by molar-refractivity contribution is 5.96. The van der Waals surface area contributed by atoms with Crippen LogP contribution in [0.4, 0.5) is 0 Å². The van der Waals surface area contributed by atoms with Crippen molar-refractivity contribution < 1.29 is 14.4 Å². The molecule has 0 aliphatic carbocycles. The van der Waals surface area contributed by atoms with E-state index in [1.54, 1.807) is 6.07 Å². The van der Waals surface area contributed by atoms with E-state index in [9.17, 15) is 4.79 Å². The fourth-order valence-corrected chi connectivity index (χ4v) is 3.97. The summed E-state index contributed by atoms with van der Waals surface area (Å²) in [5.41, 5.74) is 3.98. The van der Waals surface area contributed by atoms with Crippen LogP contribution in [-0.4, -0.2) is 38.4 Å². The van der Waals surface area contributed by atoms with Gasteiger partial charge in [0, 0.05) is 30.3 Å². The van der Waals surface area contributed by atoms with E-state index in [0.717, 1.165) is 36.9 Å². The Morgan fingerprint density at radius 3 is 2.97 bits per heavy atom. The Balaban J connectivity index is 1.43. The van der Waals surface area contributed by atoms with Gasteiger partial charge in [-0.3, -0.25) is 0 Å². The molecule has 3 heterocycles. The van der Waals surface area contributed by atoms with Gasteiger partial charge in [0.25, 0.3) is 0 Å². The van der Waals surface area contributed by atoms with E-state index in [0.29, 0.717) is 16.6 Å². The second kappa shape index (κ2) is 7.33. The van der Waals surface area contributed by atoms with Crippen LogP contribution in [0.15, 0.2) is 48.7 Å². The van der Waals surface area contributed by atoms with E-state index in [-0.39, 0.29) is 6.10 Å². The Bertz CT molecular complexity index is 1190. The maximum atomic E-state index is 12.8. The zero-order valence-corrected chi connectivity index (χ0v) is 16.2. The highest BCUT2D eigenvalue weighted by Gasteiger charge is 2.18. The van der Waals surface area contributed by atoms with Crippen LogP contribution in [0.5, 0.6) is 0 Å². The molecule has 148 valence electrons. The minimum absolute atomic E-state index is 0.218. The highest BCUT2D eigenvalue weighted by Crippen LogP contribution is 2.25. The molecule has 1 aliphatic heterocycles. The number of hydrogen-bond donors (Lipinski definition) is 0. The van der Waals surface area contributed by atoms with Crippen molar-refractivity contribution in [2.24, 2.45) is 0 Å². The monoisotopic (exact) mass is 390 g/mol. The van der Waals surface area contributed by atoms with Crippen molar-refractivity contribution in [3.8, 4) is 0 Å². The summed E-state index contributed by atoms with van der Waals surface area (Å²) in [5.74, 6) is -0.470. The fraction of sp³-hybridized carbons (Fsp3) is 0.318. The van der Waals surface area contributed by atoms with Crippen molar-refractivity contribution in [3.05, 3.63) is 59.8 Å². The fourth-order valence-electron chi connectivity index (χ4n) is 3.97. The van der Waals surface area contributed by atoms with E-state index in [2.05, 4.69) is 28.0 Å². The first kappa shape index (κ1) is 17.9. The van der Waals surface area contributed by atoms with Crippen molar-refractivity contribution >= 4 is 27.9 Å². The molecule has 7 nitrogen and oxygen atoms in total. The number of fused-ring (bicyclic) bond motifs is 2. The summed E-state index contributed by atoms with van der Waals surface area (Å²) in [5, 5.41) is 9.07. The van der Waals surface area contributed by atoms with Gasteiger partial charge in [-0.15, -0.1) is 5.10 Å². The summed E-state index contributed by atoms with van der Waals surface area (Å²) in [4.78, 5) is 19.4. The number of benzene rings is 2. The number of aryl methyl sites for hydroxylation is 1. The summed E-state index contributed by atoms with van der Waals surface area (Å²) in [7, 11) is 0. The third-order valence-corrected chi connectivity index (χ3v) is 5.48. The molecular formula is C22H22N4O3. The molecule has 0 amide bonds. The number of rotatable bonds is 4. The quantitative estimate of drug-likeness (QED) is 0.499. The third kappa shape index (κ3) is 3.38. The van der Waals surface area contributed by atoms with Gasteiger partial charge in [0.15, 0.2) is 0 Å². The smallest absolute Gasteiger partial charge is 0.365 e. The van der Waals surface area contributed by atoms with Gasteiger partial charge < -0.3 is 14.1 Å². The van der Waals surface area contributed by atoms with Crippen LogP contribution in [0.1, 0.15) is 35.2 Å². The topological polar surface area (TPSA) is 71.2 Å².